The van der Waals surface area contributed by atoms with Gasteiger partial charge >= 0.3 is 0 Å². The Balaban J connectivity index is 1.81. The van der Waals surface area contributed by atoms with Gasteiger partial charge in [0.25, 0.3) is 5.91 Å². The predicted molar refractivity (Wildman–Crippen MR) is 82.0 cm³/mol. The monoisotopic (exact) mass is 296 g/mol. The molecule has 1 N–H and O–H groups in total. The molecule has 0 atom stereocenters. The fraction of sp³-hybridized carbons (Fsp3) is 0.200. The maximum absolute atomic E-state index is 12.2. The molecular formula is C15H16N6O. The molecule has 0 radical (unpaired) electrons. The van der Waals surface area contributed by atoms with Crippen LogP contribution in [0.25, 0.3) is 5.69 Å². The van der Waals surface area contributed by atoms with E-state index in [2.05, 4.69) is 20.6 Å². The van der Waals surface area contributed by atoms with E-state index in [1.807, 2.05) is 42.7 Å². The lowest BCUT2D eigenvalue weighted by molar-refractivity contribution is 0.102. The van der Waals surface area contributed by atoms with Crippen LogP contribution in [0.3, 0.4) is 0 Å². The number of rotatable bonds is 4. The molecule has 3 aromatic rings. The van der Waals surface area contributed by atoms with Gasteiger partial charge in [-0.15, -0.1) is 10.2 Å². The minimum Gasteiger partial charge on any atom is -0.322 e. The van der Waals surface area contributed by atoms with Crippen LogP contribution in [0, 0.1) is 6.92 Å². The van der Waals surface area contributed by atoms with Crippen molar-refractivity contribution < 1.29 is 4.79 Å². The summed E-state index contributed by atoms with van der Waals surface area (Å²) in [6, 6.07) is 7.52. The molecule has 0 saturated carbocycles. The Bertz CT molecular complexity index is 804. The zero-order valence-corrected chi connectivity index (χ0v) is 12.4. The highest BCUT2D eigenvalue weighted by molar-refractivity contribution is 6.04. The van der Waals surface area contributed by atoms with E-state index < -0.39 is 0 Å². The maximum Gasteiger partial charge on any atom is 0.258 e. The summed E-state index contributed by atoms with van der Waals surface area (Å²) < 4.78 is 3.57. The third-order valence-corrected chi connectivity index (χ3v) is 3.32. The van der Waals surface area contributed by atoms with E-state index in [0.29, 0.717) is 11.3 Å². The fourth-order valence-corrected chi connectivity index (χ4v) is 2.14. The van der Waals surface area contributed by atoms with Gasteiger partial charge < -0.3 is 5.32 Å². The second-order valence-corrected chi connectivity index (χ2v) is 4.84. The number of hydrogen-bond donors (Lipinski definition) is 1. The van der Waals surface area contributed by atoms with Gasteiger partial charge in [0.05, 0.1) is 17.4 Å². The molecule has 0 bridgehead atoms. The summed E-state index contributed by atoms with van der Waals surface area (Å²) in [5, 5.41) is 14.8. The lowest BCUT2D eigenvalue weighted by Crippen LogP contribution is -2.11. The minimum absolute atomic E-state index is 0.183. The van der Waals surface area contributed by atoms with Crippen LogP contribution in [0.4, 0.5) is 5.69 Å². The van der Waals surface area contributed by atoms with E-state index in [0.717, 1.165) is 18.1 Å². The largest absolute Gasteiger partial charge is 0.322 e. The van der Waals surface area contributed by atoms with E-state index in [4.69, 9.17) is 0 Å². The first kappa shape index (κ1) is 14.0. The fourth-order valence-electron chi connectivity index (χ4n) is 2.14. The van der Waals surface area contributed by atoms with Gasteiger partial charge in [-0.1, -0.05) is 6.07 Å². The molecule has 0 saturated heterocycles. The molecule has 0 spiro atoms. The average Bonchev–Trinajstić information content (AvgIpc) is 3.16. The number of amides is 1. The molecule has 112 valence electrons. The molecule has 3 rings (SSSR count). The number of carbonyl (C=O) groups excluding carboxylic acids is 1. The summed E-state index contributed by atoms with van der Waals surface area (Å²) in [5.41, 5.74) is 2.14. The van der Waals surface area contributed by atoms with Crippen molar-refractivity contribution in [1.29, 1.82) is 0 Å². The number of nitrogens with zero attached hydrogens (tertiary/aromatic N) is 5. The molecular weight excluding hydrogens is 280 g/mol. The molecule has 0 fully saturated rings. The van der Waals surface area contributed by atoms with Gasteiger partial charge in [-0.3, -0.25) is 14.0 Å². The van der Waals surface area contributed by atoms with Crippen LogP contribution < -0.4 is 5.32 Å². The summed E-state index contributed by atoms with van der Waals surface area (Å²) in [4.78, 5) is 12.2. The molecule has 0 aliphatic rings. The van der Waals surface area contributed by atoms with Crippen molar-refractivity contribution in [3.8, 4) is 5.69 Å². The zero-order chi connectivity index (χ0) is 15.5. The van der Waals surface area contributed by atoms with Crippen molar-refractivity contribution in [2.45, 2.75) is 20.4 Å². The molecule has 2 heterocycles. The molecule has 7 nitrogen and oxygen atoms in total. The van der Waals surface area contributed by atoms with E-state index in [1.54, 1.807) is 23.4 Å². The van der Waals surface area contributed by atoms with Crippen molar-refractivity contribution in [2.24, 2.45) is 0 Å². The second kappa shape index (κ2) is 5.80. The smallest absolute Gasteiger partial charge is 0.258 e. The van der Waals surface area contributed by atoms with Crippen LogP contribution in [0.15, 0.2) is 43.0 Å². The number of carbonyl (C=O) groups is 1. The van der Waals surface area contributed by atoms with Gasteiger partial charge in [-0.05, 0) is 32.0 Å². The van der Waals surface area contributed by atoms with E-state index in [-0.39, 0.29) is 5.91 Å². The highest BCUT2D eigenvalue weighted by Crippen LogP contribution is 2.16. The number of nitrogens with one attached hydrogen (secondary N) is 1. The van der Waals surface area contributed by atoms with E-state index in [1.165, 1.54) is 0 Å². The first-order valence-electron chi connectivity index (χ1n) is 6.98. The standard InChI is InChI=1S/C15H16N6O/c1-3-20-9-12(8-17-20)15(22)18-13-5-4-6-14(7-13)21-10-16-19-11(21)2/h4-10H,3H2,1-2H3,(H,18,22). The molecule has 0 aliphatic carbocycles. The quantitative estimate of drug-likeness (QED) is 0.799. The Kier molecular flexibility index (Phi) is 3.69. The van der Waals surface area contributed by atoms with Gasteiger partial charge in [0.15, 0.2) is 0 Å². The Morgan fingerprint density at radius 3 is 2.91 bits per heavy atom. The van der Waals surface area contributed by atoms with Crippen molar-refractivity contribution >= 4 is 11.6 Å². The normalized spacial score (nSPS) is 10.6. The lowest BCUT2D eigenvalue weighted by atomic mass is 10.2. The lowest BCUT2D eigenvalue weighted by Gasteiger charge is -2.08. The summed E-state index contributed by atoms with van der Waals surface area (Å²) in [7, 11) is 0. The van der Waals surface area contributed by atoms with Gasteiger partial charge in [-0.25, -0.2) is 0 Å². The number of anilines is 1. The average molecular weight is 296 g/mol. The SMILES string of the molecule is CCn1cc(C(=O)Nc2cccc(-n3cnnc3C)c2)cn1. The van der Waals surface area contributed by atoms with Gasteiger partial charge in [-0.2, -0.15) is 5.10 Å². The topological polar surface area (TPSA) is 77.6 Å². The van der Waals surface area contributed by atoms with Crippen molar-refractivity contribution in [3.63, 3.8) is 0 Å². The number of aromatic nitrogens is 5. The molecule has 7 heteroatoms. The Hall–Kier alpha value is -2.96. The molecule has 1 aromatic carbocycles. The summed E-state index contributed by atoms with van der Waals surface area (Å²) in [5.74, 6) is 0.602. The van der Waals surface area contributed by atoms with Crippen LogP contribution in [-0.2, 0) is 6.54 Å². The highest BCUT2D eigenvalue weighted by atomic mass is 16.1. The van der Waals surface area contributed by atoms with Crippen LogP contribution in [-0.4, -0.2) is 30.5 Å². The number of aryl methyl sites for hydroxylation is 2. The van der Waals surface area contributed by atoms with E-state index in [9.17, 15) is 4.79 Å². The van der Waals surface area contributed by atoms with Crippen LogP contribution in [0.1, 0.15) is 23.1 Å². The molecule has 1 amide bonds. The predicted octanol–water partition coefficient (Wildman–Crippen LogP) is 2.04. The Morgan fingerprint density at radius 2 is 2.23 bits per heavy atom. The Morgan fingerprint density at radius 1 is 1.36 bits per heavy atom. The molecule has 2 aromatic heterocycles. The van der Waals surface area contributed by atoms with Crippen LogP contribution in [0.2, 0.25) is 0 Å². The molecule has 0 unspecified atom stereocenters. The first-order valence-corrected chi connectivity index (χ1v) is 6.98. The third-order valence-electron chi connectivity index (χ3n) is 3.32. The molecule has 0 aliphatic heterocycles. The zero-order valence-electron chi connectivity index (χ0n) is 12.4. The highest BCUT2D eigenvalue weighted by Gasteiger charge is 2.09. The summed E-state index contributed by atoms with van der Waals surface area (Å²) in [6.07, 6.45) is 4.93. The second-order valence-electron chi connectivity index (χ2n) is 4.84. The molecule has 22 heavy (non-hydrogen) atoms. The first-order chi connectivity index (χ1) is 10.7. The van der Waals surface area contributed by atoms with Crippen molar-refractivity contribution in [3.05, 3.63) is 54.4 Å². The maximum atomic E-state index is 12.2. The summed E-state index contributed by atoms with van der Waals surface area (Å²) >= 11 is 0. The minimum atomic E-state index is -0.183. The van der Waals surface area contributed by atoms with Gasteiger partial charge in [0.1, 0.15) is 12.2 Å². The van der Waals surface area contributed by atoms with Crippen molar-refractivity contribution in [1.82, 2.24) is 24.5 Å². The third kappa shape index (κ3) is 2.73. The number of hydrogen-bond acceptors (Lipinski definition) is 4. The van der Waals surface area contributed by atoms with Crippen LogP contribution >= 0.6 is 0 Å². The Labute approximate surface area is 127 Å². The van der Waals surface area contributed by atoms with Gasteiger partial charge in [0, 0.05) is 18.4 Å². The number of benzene rings is 1. The van der Waals surface area contributed by atoms with E-state index >= 15 is 0 Å². The van der Waals surface area contributed by atoms with Gasteiger partial charge in [0.2, 0.25) is 0 Å². The summed E-state index contributed by atoms with van der Waals surface area (Å²) in [6.45, 7) is 4.58. The van der Waals surface area contributed by atoms with Crippen LogP contribution in [0.5, 0.6) is 0 Å². The van der Waals surface area contributed by atoms with Crippen molar-refractivity contribution in [2.75, 3.05) is 5.32 Å².